The van der Waals surface area contributed by atoms with E-state index in [0.717, 1.165) is 38.8 Å². The number of benzene rings is 2. The maximum atomic E-state index is 13.1. The molecule has 7 heteroatoms. The van der Waals surface area contributed by atoms with Gasteiger partial charge in [0, 0.05) is 26.0 Å². The van der Waals surface area contributed by atoms with Crippen LogP contribution in [-0.4, -0.2) is 13.7 Å². The minimum atomic E-state index is -0.383. The average molecular weight is 438 g/mol. The van der Waals surface area contributed by atoms with Crippen LogP contribution in [0.3, 0.4) is 0 Å². The van der Waals surface area contributed by atoms with Crippen molar-refractivity contribution in [3.05, 3.63) is 111 Å². The smallest absolute Gasteiger partial charge is 0.331 e. The number of nitrogens with zero attached hydrogens (tertiary/aromatic N) is 4. The van der Waals surface area contributed by atoms with E-state index in [2.05, 4.69) is 23.1 Å². The van der Waals surface area contributed by atoms with Crippen LogP contribution in [0.2, 0.25) is 0 Å². The number of para-hydroxylation sites is 3. The molecule has 0 spiro atoms. The molecule has 0 saturated heterocycles. The molecule has 0 radical (unpaired) electrons. The lowest BCUT2D eigenvalue weighted by Gasteiger charge is -2.39. The number of hydrogen-bond donors (Lipinski definition) is 0. The topological polar surface area (TPSA) is 65.3 Å². The summed E-state index contributed by atoms with van der Waals surface area (Å²) in [5, 5.41) is 0.493. The summed E-state index contributed by atoms with van der Waals surface area (Å²) < 4.78 is 10.9. The molecule has 33 heavy (non-hydrogen) atoms. The summed E-state index contributed by atoms with van der Waals surface area (Å²) in [6.07, 6.45) is 1.84. The summed E-state index contributed by atoms with van der Waals surface area (Å²) >= 11 is 0. The molecule has 2 aromatic carbocycles. The first-order valence-corrected chi connectivity index (χ1v) is 10.8. The maximum absolute atomic E-state index is 13.1. The maximum Gasteiger partial charge on any atom is 0.331 e. The highest BCUT2D eigenvalue weighted by atomic mass is 16.3. The third kappa shape index (κ3) is 2.62. The third-order valence-corrected chi connectivity index (χ3v) is 6.44. The first kappa shape index (κ1) is 19.4. The summed E-state index contributed by atoms with van der Waals surface area (Å²) in [7, 11) is 3.22. The summed E-state index contributed by atoms with van der Waals surface area (Å²) in [5.74, 6) is 1.53. The second-order valence-corrected chi connectivity index (χ2v) is 8.40. The number of aryl methyl sites for hydroxylation is 2. The normalized spacial score (nSPS) is 15.0. The number of anilines is 2. The van der Waals surface area contributed by atoms with Crippen LogP contribution in [0.15, 0.2) is 86.9 Å². The Morgan fingerprint density at radius 2 is 1.52 bits per heavy atom. The van der Waals surface area contributed by atoms with Crippen molar-refractivity contribution in [2.45, 2.75) is 13.0 Å². The van der Waals surface area contributed by atoms with Crippen LogP contribution in [0.5, 0.6) is 0 Å². The van der Waals surface area contributed by atoms with Gasteiger partial charge < -0.3 is 13.9 Å². The van der Waals surface area contributed by atoms with E-state index in [9.17, 15) is 9.59 Å². The molecule has 0 amide bonds. The van der Waals surface area contributed by atoms with Gasteiger partial charge in [-0.1, -0.05) is 30.3 Å². The van der Waals surface area contributed by atoms with Gasteiger partial charge in [0.1, 0.15) is 17.6 Å². The molecule has 0 bridgehead atoms. The molecule has 6 rings (SSSR count). The van der Waals surface area contributed by atoms with Gasteiger partial charge in [-0.2, -0.15) is 0 Å². The van der Waals surface area contributed by atoms with E-state index in [1.807, 2.05) is 66.2 Å². The molecule has 0 aliphatic carbocycles. The van der Waals surface area contributed by atoms with Crippen molar-refractivity contribution in [3.8, 4) is 5.69 Å². The Labute approximate surface area is 189 Å². The van der Waals surface area contributed by atoms with Gasteiger partial charge in [-0.15, -0.1) is 0 Å². The summed E-state index contributed by atoms with van der Waals surface area (Å²) in [5.41, 5.74) is 3.66. The van der Waals surface area contributed by atoms with Gasteiger partial charge in [-0.05, 0) is 43.3 Å². The van der Waals surface area contributed by atoms with Gasteiger partial charge in [0.2, 0.25) is 0 Å². The Morgan fingerprint density at radius 3 is 2.21 bits per heavy atom. The SMILES string of the molecule is Cc1ccc(C2c3c4c(cn3-c3ccccc3N2c2ccccc2)c(=O)n(C)c(=O)n4C)o1. The molecular weight excluding hydrogens is 416 g/mol. The van der Waals surface area contributed by atoms with Crippen molar-refractivity contribution in [3.63, 3.8) is 0 Å². The van der Waals surface area contributed by atoms with Crippen LogP contribution in [0.1, 0.15) is 23.3 Å². The summed E-state index contributed by atoms with van der Waals surface area (Å²) in [4.78, 5) is 28.3. The van der Waals surface area contributed by atoms with Crippen LogP contribution < -0.4 is 16.1 Å². The Hall–Kier alpha value is -4.26. The van der Waals surface area contributed by atoms with E-state index >= 15 is 0 Å². The Bertz CT molecular complexity index is 1650. The van der Waals surface area contributed by atoms with Crippen LogP contribution in [0.25, 0.3) is 16.6 Å². The van der Waals surface area contributed by atoms with E-state index < -0.39 is 0 Å². The van der Waals surface area contributed by atoms with E-state index in [1.165, 1.54) is 7.05 Å². The predicted molar refractivity (Wildman–Crippen MR) is 128 cm³/mol. The zero-order valence-electron chi connectivity index (χ0n) is 18.5. The van der Waals surface area contributed by atoms with Gasteiger partial charge in [-0.3, -0.25) is 13.9 Å². The number of aromatic nitrogens is 3. The Kier molecular flexibility index (Phi) is 4.04. The summed E-state index contributed by atoms with van der Waals surface area (Å²) in [6.45, 7) is 1.91. The lowest BCUT2D eigenvalue weighted by Crippen LogP contribution is -2.37. The van der Waals surface area contributed by atoms with Crippen molar-refractivity contribution < 1.29 is 4.42 Å². The van der Waals surface area contributed by atoms with E-state index in [0.29, 0.717) is 10.9 Å². The lowest BCUT2D eigenvalue weighted by molar-refractivity contribution is 0.457. The molecule has 3 aromatic heterocycles. The highest BCUT2D eigenvalue weighted by Gasteiger charge is 2.38. The largest absolute Gasteiger partial charge is 0.464 e. The van der Waals surface area contributed by atoms with Crippen molar-refractivity contribution in [1.82, 2.24) is 13.7 Å². The molecule has 0 saturated carbocycles. The molecule has 164 valence electrons. The van der Waals surface area contributed by atoms with Crippen molar-refractivity contribution >= 4 is 22.3 Å². The molecule has 5 aromatic rings. The second-order valence-electron chi connectivity index (χ2n) is 8.40. The lowest BCUT2D eigenvalue weighted by atomic mass is 10.0. The standard InChI is InChI=1S/C26H22N4O3/c1-16-13-14-21(33-16)23-24-22-18(25(31)28(3)26(32)27(22)2)15-29(24)19-11-7-8-12-20(19)30(23)17-9-5-4-6-10-17/h4-15,23H,1-3H3. The Morgan fingerprint density at radius 1 is 0.818 bits per heavy atom. The molecule has 1 atom stereocenters. The second kappa shape index (κ2) is 6.87. The molecule has 7 nitrogen and oxygen atoms in total. The van der Waals surface area contributed by atoms with Crippen LogP contribution >= 0.6 is 0 Å². The molecular formula is C26H22N4O3. The first-order chi connectivity index (χ1) is 16.0. The van der Waals surface area contributed by atoms with Gasteiger partial charge in [-0.25, -0.2) is 4.79 Å². The number of hydrogen-bond acceptors (Lipinski definition) is 4. The minimum absolute atomic E-state index is 0.312. The van der Waals surface area contributed by atoms with Crippen LogP contribution in [0.4, 0.5) is 11.4 Å². The van der Waals surface area contributed by atoms with Crippen LogP contribution in [0, 0.1) is 6.92 Å². The predicted octanol–water partition coefficient (Wildman–Crippen LogP) is 4.17. The highest BCUT2D eigenvalue weighted by Crippen LogP contribution is 2.48. The van der Waals surface area contributed by atoms with Gasteiger partial charge in [0.25, 0.3) is 5.56 Å². The number of furan rings is 1. The van der Waals surface area contributed by atoms with Crippen molar-refractivity contribution in [2.24, 2.45) is 14.1 Å². The molecule has 4 heterocycles. The average Bonchev–Trinajstić information content (AvgIpc) is 3.45. The fraction of sp³-hybridized carbons (Fsp3) is 0.154. The van der Waals surface area contributed by atoms with E-state index in [4.69, 9.17) is 4.42 Å². The molecule has 1 aliphatic rings. The monoisotopic (exact) mass is 438 g/mol. The van der Waals surface area contributed by atoms with E-state index in [-0.39, 0.29) is 17.3 Å². The Balaban J connectivity index is 1.81. The first-order valence-electron chi connectivity index (χ1n) is 10.8. The van der Waals surface area contributed by atoms with Gasteiger partial charge in [0.05, 0.1) is 28.0 Å². The fourth-order valence-electron chi connectivity index (χ4n) is 4.94. The quantitative estimate of drug-likeness (QED) is 0.415. The highest BCUT2D eigenvalue weighted by molar-refractivity contribution is 5.88. The van der Waals surface area contributed by atoms with E-state index in [1.54, 1.807) is 11.6 Å². The zero-order chi connectivity index (χ0) is 22.9. The number of fused-ring (bicyclic) bond motifs is 5. The van der Waals surface area contributed by atoms with Crippen LogP contribution in [-0.2, 0) is 14.1 Å². The fourth-order valence-corrected chi connectivity index (χ4v) is 4.94. The third-order valence-electron chi connectivity index (χ3n) is 6.44. The van der Waals surface area contributed by atoms with Crippen molar-refractivity contribution in [2.75, 3.05) is 4.90 Å². The molecule has 0 fully saturated rings. The van der Waals surface area contributed by atoms with Gasteiger partial charge in [0.15, 0.2) is 0 Å². The molecule has 1 aliphatic heterocycles. The minimum Gasteiger partial charge on any atom is -0.464 e. The van der Waals surface area contributed by atoms with Gasteiger partial charge >= 0.3 is 5.69 Å². The van der Waals surface area contributed by atoms with Crippen molar-refractivity contribution in [1.29, 1.82) is 0 Å². The molecule has 1 unspecified atom stereocenters. The zero-order valence-corrected chi connectivity index (χ0v) is 18.5. The summed E-state index contributed by atoms with van der Waals surface area (Å²) in [6, 6.07) is 21.7. The number of rotatable bonds is 2. The molecule has 0 N–H and O–H groups in total.